The molecule has 53 heavy (non-hydrogen) atoms. The Labute approximate surface area is 332 Å². The topological polar surface area (TPSA) is 102 Å². The predicted molar refractivity (Wildman–Crippen MR) is 231 cm³/mol. The third-order valence-electron chi connectivity index (χ3n) is 7.75. The van der Waals surface area contributed by atoms with Gasteiger partial charge in [-0.05, 0) is 19.8 Å². The molecule has 0 saturated carbocycles. The Morgan fingerprint density at radius 2 is 0.679 bits per heavy atom. The third-order valence-corrected chi connectivity index (χ3v) is 7.75. The highest BCUT2D eigenvalue weighted by atomic mass is 16.1. The summed E-state index contributed by atoms with van der Waals surface area (Å²) in [5, 5.41) is 0. The zero-order valence-corrected chi connectivity index (χ0v) is 40.8. The number of carbonyl (C=O) groups excluding carboxylic acids is 6. The van der Waals surface area contributed by atoms with Crippen molar-refractivity contribution in [1.29, 1.82) is 0 Å². The van der Waals surface area contributed by atoms with Crippen LogP contribution in [0.3, 0.4) is 0 Å². The van der Waals surface area contributed by atoms with Gasteiger partial charge in [0.25, 0.3) is 0 Å². The van der Waals surface area contributed by atoms with Crippen LogP contribution in [0.5, 0.6) is 0 Å². The molecular weight excluding hydrogens is 661 g/mol. The van der Waals surface area contributed by atoms with Crippen LogP contribution in [0.15, 0.2) is 0 Å². The second-order valence-electron chi connectivity index (χ2n) is 21.6. The molecule has 0 spiro atoms. The van der Waals surface area contributed by atoms with E-state index in [1.165, 1.54) is 0 Å². The first kappa shape index (κ1) is 63.0. The number of rotatable bonds is 7. The molecule has 0 aromatic carbocycles. The van der Waals surface area contributed by atoms with Gasteiger partial charge in [-0.25, -0.2) is 0 Å². The van der Waals surface area contributed by atoms with Crippen LogP contribution in [0.25, 0.3) is 0 Å². The van der Waals surface area contributed by atoms with E-state index < -0.39 is 0 Å². The lowest BCUT2D eigenvalue weighted by Gasteiger charge is -2.26. The van der Waals surface area contributed by atoms with Gasteiger partial charge in [0, 0.05) is 63.1 Å². The fraction of sp³-hybridized carbons (Fsp3) is 0.872. The van der Waals surface area contributed by atoms with Gasteiger partial charge in [-0.2, -0.15) is 0 Å². The van der Waals surface area contributed by atoms with Crippen molar-refractivity contribution in [3.05, 3.63) is 0 Å². The maximum absolute atomic E-state index is 11.5. The van der Waals surface area contributed by atoms with E-state index in [0.717, 1.165) is 32.1 Å². The standard InChI is InChI=1S/2C9H18O.2C8H16O.C7H14O.C6H12O/c1-8(2,3)7(10)9(4,5)6;1-5-6-7-8(10)9(2,3)4;1-6(2)7(9)8(3,4)5;1-5-6-7(9)8(2,3)4;1-5-6(8)7(2,3)4;1-5(7)6(2,3)4/h1-6H3;5-7H2,1-4H3;6H,1-5H3;5-6H2,1-4H3;5H2,1-4H3;1-4H3. The van der Waals surface area contributed by atoms with Crippen molar-refractivity contribution >= 4 is 34.7 Å². The van der Waals surface area contributed by atoms with Crippen LogP contribution < -0.4 is 0 Å². The van der Waals surface area contributed by atoms with Gasteiger partial charge < -0.3 is 0 Å². The van der Waals surface area contributed by atoms with Crippen LogP contribution in [0.4, 0.5) is 0 Å². The lowest BCUT2D eigenvalue weighted by Crippen LogP contribution is -2.32. The Bertz CT molecular complexity index is 1040. The van der Waals surface area contributed by atoms with Crippen LogP contribution in [-0.4, -0.2) is 34.7 Å². The molecule has 0 radical (unpaired) electrons. The summed E-state index contributed by atoms with van der Waals surface area (Å²) < 4.78 is 0. The Balaban J connectivity index is -0.000000126. The molecule has 6 nitrogen and oxygen atoms in total. The summed E-state index contributed by atoms with van der Waals surface area (Å²) in [6, 6.07) is 0. The quantitative estimate of drug-likeness (QED) is 0.256. The van der Waals surface area contributed by atoms with E-state index >= 15 is 0 Å². The fourth-order valence-corrected chi connectivity index (χ4v) is 3.84. The summed E-state index contributed by atoms with van der Waals surface area (Å²) in [5.41, 5.74) is -1.08. The van der Waals surface area contributed by atoms with Crippen molar-refractivity contribution in [3.8, 4) is 0 Å². The second-order valence-corrected chi connectivity index (χ2v) is 21.6. The molecule has 0 aromatic rings. The summed E-state index contributed by atoms with van der Waals surface area (Å²) >= 11 is 0. The van der Waals surface area contributed by atoms with Crippen LogP contribution in [0.2, 0.25) is 0 Å². The average Bonchev–Trinajstić information content (AvgIpc) is 2.92. The van der Waals surface area contributed by atoms with E-state index in [0.29, 0.717) is 35.3 Å². The maximum Gasteiger partial charge on any atom is 0.143 e. The summed E-state index contributed by atoms with van der Waals surface area (Å²) in [4.78, 5) is 66.2. The lowest BCUT2D eigenvalue weighted by atomic mass is 9.76. The molecular formula is C47H94O6. The van der Waals surface area contributed by atoms with E-state index in [1.807, 2.05) is 173 Å². The van der Waals surface area contributed by atoms with Gasteiger partial charge >= 0.3 is 0 Å². The molecule has 0 bridgehead atoms. The van der Waals surface area contributed by atoms with Crippen molar-refractivity contribution in [2.75, 3.05) is 0 Å². The van der Waals surface area contributed by atoms with Gasteiger partial charge in [0.05, 0.1) is 0 Å². The highest BCUT2D eigenvalue weighted by Gasteiger charge is 2.31. The Hall–Kier alpha value is -1.98. The van der Waals surface area contributed by atoms with Gasteiger partial charge in [-0.1, -0.05) is 186 Å². The van der Waals surface area contributed by atoms with Crippen LogP contribution in [0.1, 0.15) is 225 Å². The minimum absolute atomic E-state index is 0.129. The molecule has 6 heteroatoms. The summed E-state index contributed by atoms with van der Waals surface area (Å²) in [5.74, 6) is 2.15. The summed E-state index contributed by atoms with van der Waals surface area (Å²) in [6.07, 6.45) is 5.25. The molecule has 0 amide bonds. The summed E-state index contributed by atoms with van der Waals surface area (Å²) in [6.45, 7) is 52.5. The smallest absolute Gasteiger partial charge is 0.143 e. The number of carbonyl (C=O) groups is 6. The van der Waals surface area contributed by atoms with Crippen LogP contribution in [0, 0.1) is 43.8 Å². The minimum Gasteiger partial charge on any atom is -0.299 e. The lowest BCUT2D eigenvalue weighted by molar-refractivity contribution is -0.134. The van der Waals surface area contributed by atoms with Gasteiger partial charge in [-0.3, -0.25) is 28.8 Å². The fourth-order valence-electron chi connectivity index (χ4n) is 3.84. The minimum atomic E-state index is -0.196. The Kier molecular flexibility index (Phi) is 31.8. The molecule has 0 N–H and O–H groups in total. The van der Waals surface area contributed by atoms with E-state index in [2.05, 4.69) is 6.92 Å². The molecule has 0 rings (SSSR count). The first-order valence-corrected chi connectivity index (χ1v) is 20.1. The molecule has 0 aliphatic rings. The number of hydrogen-bond donors (Lipinski definition) is 0. The first-order valence-electron chi connectivity index (χ1n) is 20.1. The molecule has 0 aliphatic heterocycles. The molecule has 0 aromatic heterocycles. The van der Waals surface area contributed by atoms with Gasteiger partial charge in [0.1, 0.15) is 34.7 Å². The molecule has 0 aliphatic carbocycles. The predicted octanol–water partition coefficient (Wildman–Crippen LogP) is 13.7. The molecule has 0 saturated heterocycles. The molecule has 0 heterocycles. The Morgan fingerprint density at radius 1 is 0.396 bits per heavy atom. The highest BCUT2D eigenvalue weighted by molar-refractivity contribution is 5.88. The third kappa shape index (κ3) is 41.0. The maximum atomic E-state index is 11.5. The Morgan fingerprint density at radius 3 is 0.755 bits per heavy atom. The number of ketones is 6. The molecule has 0 unspecified atom stereocenters. The summed E-state index contributed by atoms with van der Waals surface area (Å²) in [7, 11) is 0. The van der Waals surface area contributed by atoms with Crippen molar-refractivity contribution in [1.82, 2.24) is 0 Å². The largest absolute Gasteiger partial charge is 0.299 e. The zero-order chi connectivity index (χ0) is 44.8. The van der Waals surface area contributed by atoms with Gasteiger partial charge in [-0.15, -0.1) is 0 Å². The molecule has 0 atom stereocenters. The second kappa shape index (κ2) is 26.8. The van der Waals surface area contributed by atoms with Gasteiger partial charge in [0.15, 0.2) is 0 Å². The normalized spacial score (nSPS) is 12.0. The van der Waals surface area contributed by atoms with E-state index in [4.69, 9.17) is 0 Å². The SMILES string of the molecule is CC(=O)C(C)(C)C.CC(C)(C)C(=O)C(C)(C)C.CC(C)C(=O)C(C)(C)C.CCC(=O)C(C)(C)C.CCCC(=O)C(C)(C)C.CCCCC(=O)C(C)(C)C. The number of unbranched alkanes of at least 4 members (excludes halogenated alkanes) is 1. The number of hydrogen-bond acceptors (Lipinski definition) is 6. The van der Waals surface area contributed by atoms with Crippen molar-refractivity contribution in [2.45, 2.75) is 225 Å². The van der Waals surface area contributed by atoms with E-state index in [-0.39, 0.29) is 49.6 Å². The van der Waals surface area contributed by atoms with Gasteiger partial charge in [0.2, 0.25) is 0 Å². The molecule has 318 valence electrons. The van der Waals surface area contributed by atoms with Crippen LogP contribution in [-0.2, 0) is 28.8 Å². The zero-order valence-electron chi connectivity index (χ0n) is 40.8. The average molecular weight is 755 g/mol. The van der Waals surface area contributed by atoms with Crippen LogP contribution >= 0.6 is 0 Å². The van der Waals surface area contributed by atoms with Crippen molar-refractivity contribution in [2.24, 2.45) is 43.8 Å². The first-order chi connectivity index (χ1) is 22.9. The molecule has 0 fully saturated rings. The van der Waals surface area contributed by atoms with E-state index in [9.17, 15) is 28.8 Å². The van der Waals surface area contributed by atoms with E-state index in [1.54, 1.807) is 6.92 Å². The number of Topliss-reactive ketones (excluding diaryl/α,β-unsaturated/α-hetero) is 6. The monoisotopic (exact) mass is 755 g/mol. The van der Waals surface area contributed by atoms with Crippen molar-refractivity contribution < 1.29 is 28.8 Å². The van der Waals surface area contributed by atoms with Crippen molar-refractivity contribution in [3.63, 3.8) is 0 Å². The highest BCUT2D eigenvalue weighted by Crippen LogP contribution is 2.28.